The van der Waals surface area contributed by atoms with Crippen LogP contribution in [0.2, 0.25) is 0 Å². The summed E-state index contributed by atoms with van der Waals surface area (Å²) in [5.41, 5.74) is 3.00. The van der Waals surface area contributed by atoms with Crippen molar-refractivity contribution in [3.05, 3.63) is 34.7 Å². The standard InChI is InChI=1S/C14H15NO4/c1-7-6-11(18-4)8(2)5-10(7)13-15-9(3)12(19-13)14(16)17/h5-6H,1-4H3,(H,16,17). The van der Waals surface area contributed by atoms with Crippen LogP contribution in [-0.4, -0.2) is 23.2 Å². The number of benzene rings is 1. The minimum atomic E-state index is -1.11. The van der Waals surface area contributed by atoms with Gasteiger partial charge in [-0.15, -0.1) is 0 Å². The number of aryl methyl sites for hydroxylation is 3. The summed E-state index contributed by atoms with van der Waals surface area (Å²) in [4.78, 5) is 15.1. The van der Waals surface area contributed by atoms with E-state index in [0.29, 0.717) is 11.6 Å². The van der Waals surface area contributed by atoms with Crippen LogP contribution < -0.4 is 4.74 Å². The molecular formula is C14H15NO4. The minimum Gasteiger partial charge on any atom is -0.496 e. The van der Waals surface area contributed by atoms with Crippen LogP contribution in [0.1, 0.15) is 27.4 Å². The molecule has 0 radical (unpaired) electrons. The zero-order valence-corrected chi connectivity index (χ0v) is 11.3. The maximum atomic E-state index is 11.0. The average Bonchev–Trinajstić information content (AvgIpc) is 2.73. The van der Waals surface area contributed by atoms with Crippen molar-refractivity contribution in [1.29, 1.82) is 0 Å². The van der Waals surface area contributed by atoms with Crippen molar-refractivity contribution in [1.82, 2.24) is 4.98 Å². The molecule has 0 aliphatic heterocycles. The van der Waals surface area contributed by atoms with Gasteiger partial charge in [0.25, 0.3) is 0 Å². The van der Waals surface area contributed by atoms with Crippen molar-refractivity contribution in [3.8, 4) is 17.2 Å². The molecule has 0 fully saturated rings. The van der Waals surface area contributed by atoms with Crippen LogP contribution in [-0.2, 0) is 0 Å². The fourth-order valence-electron chi connectivity index (χ4n) is 1.95. The fraction of sp³-hybridized carbons (Fsp3) is 0.286. The van der Waals surface area contributed by atoms with Crippen LogP contribution >= 0.6 is 0 Å². The van der Waals surface area contributed by atoms with Crippen molar-refractivity contribution in [2.45, 2.75) is 20.8 Å². The second-order valence-electron chi connectivity index (χ2n) is 4.38. The number of ether oxygens (including phenoxy) is 1. The van der Waals surface area contributed by atoms with Gasteiger partial charge < -0.3 is 14.3 Å². The number of carboxylic acids is 1. The monoisotopic (exact) mass is 261 g/mol. The lowest BCUT2D eigenvalue weighted by atomic mass is 10.0. The Kier molecular flexibility index (Phi) is 3.29. The maximum Gasteiger partial charge on any atom is 0.373 e. The predicted molar refractivity (Wildman–Crippen MR) is 69.7 cm³/mol. The number of aromatic carboxylic acids is 1. The molecule has 1 N–H and O–H groups in total. The number of hydrogen-bond acceptors (Lipinski definition) is 4. The van der Waals surface area contributed by atoms with E-state index < -0.39 is 5.97 Å². The Bertz CT molecular complexity index is 643. The Morgan fingerprint density at radius 2 is 1.95 bits per heavy atom. The zero-order chi connectivity index (χ0) is 14.2. The highest BCUT2D eigenvalue weighted by Crippen LogP contribution is 2.30. The number of nitrogens with zero attached hydrogens (tertiary/aromatic N) is 1. The van der Waals surface area contributed by atoms with Crippen molar-refractivity contribution in [3.63, 3.8) is 0 Å². The van der Waals surface area contributed by atoms with Crippen molar-refractivity contribution in [2.24, 2.45) is 0 Å². The van der Waals surface area contributed by atoms with Crippen LogP contribution in [0.3, 0.4) is 0 Å². The SMILES string of the molecule is COc1cc(C)c(-c2nc(C)c(C(=O)O)o2)cc1C. The van der Waals surface area contributed by atoms with E-state index in [4.69, 9.17) is 14.3 Å². The van der Waals surface area contributed by atoms with E-state index in [1.54, 1.807) is 14.0 Å². The molecule has 100 valence electrons. The summed E-state index contributed by atoms with van der Waals surface area (Å²) in [7, 11) is 1.61. The molecule has 1 heterocycles. The normalized spacial score (nSPS) is 10.5. The Morgan fingerprint density at radius 1 is 1.26 bits per heavy atom. The lowest BCUT2D eigenvalue weighted by molar-refractivity contribution is 0.0662. The van der Waals surface area contributed by atoms with Gasteiger partial charge in [-0.05, 0) is 44.0 Å². The number of oxazole rings is 1. The third-order valence-corrected chi connectivity index (χ3v) is 2.96. The molecular weight excluding hydrogens is 246 g/mol. The highest BCUT2D eigenvalue weighted by molar-refractivity contribution is 5.86. The number of aromatic nitrogens is 1. The van der Waals surface area contributed by atoms with E-state index in [-0.39, 0.29) is 5.76 Å². The van der Waals surface area contributed by atoms with Gasteiger partial charge in [0.2, 0.25) is 11.7 Å². The van der Waals surface area contributed by atoms with Crippen LogP contribution in [0.4, 0.5) is 0 Å². The molecule has 19 heavy (non-hydrogen) atoms. The van der Waals surface area contributed by atoms with Crippen LogP contribution in [0, 0.1) is 20.8 Å². The number of rotatable bonds is 3. The molecule has 0 saturated carbocycles. The van der Waals surface area contributed by atoms with Crippen LogP contribution in [0.15, 0.2) is 16.5 Å². The average molecular weight is 261 g/mol. The van der Waals surface area contributed by atoms with E-state index >= 15 is 0 Å². The van der Waals surface area contributed by atoms with E-state index in [1.165, 1.54) is 0 Å². The first-order valence-corrected chi connectivity index (χ1v) is 5.80. The molecule has 0 bridgehead atoms. The molecule has 0 amide bonds. The lowest BCUT2D eigenvalue weighted by Gasteiger charge is -2.08. The highest BCUT2D eigenvalue weighted by atomic mass is 16.5. The maximum absolute atomic E-state index is 11.0. The smallest absolute Gasteiger partial charge is 0.373 e. The van der Waals surface area contributed by atoms with Gasteiger partial charge in [-0.3, -0.25) is 0 Å². The molecule has 2 aromatic rings. The minimum absolute atomic E-state index is 0.122. The highest BCUT2D eigenvalue weighted by Gasteiger charge is 2.19. The van der Waals surface area contributed by atoms with Gasteiger partial charge in [-0.1, -0.05) is 0 Å². The molecule has 2 rings (SSSR count). The molecule has 1 aromatic carbocycles. The van der Waals surface area contributed by atoms with E-state index in [9.17, 15) is 4.79 Å². The summed E-state index contributed by atoms with van der Waals surface area (Å²) in [5.74, 6) is -0.136. The third kappa shape index (κ3) is 2.31. The van der Waals surface area contributed by atoms with Gasteiger partial charge in [-0.2, -0.15) is 0 Å². The Balaban J connectivity index is 2.56. The zero-order valence-electron chi connectivity index (χ0n) is 11.3. The fourth-order valence-corrected chi connectivity index (χ4v) is 1.95. The van der Waals surface area contributed by atoms with Crippen molar-refractivity contribution >= 4 is 5.97 Å². The largest absolute Gasteiger partial charge is 0.496 e. The first kappa shape index (κ1) is 13.1. The molecule has 0 unspecified atom stereocenters. The van der Waals surface area contributed by atoms with Gasteiger partial charge in [0.1, 0.15) is 5.75 Å². The van der Waals surface area contributed by atoms with Crippen molar-refractivity contribution < 1.29 is 19.1 Å². The summed E-state index contributed by atoms with van der Waals surface area (Å²) in [6, 6.07) is 3.76. The lowest BCUT2D eigenvalue weighted by Crippen LogP contribution is -1.95. The summed E-state index contributed by atoms with van der Waals surface area (Å²) < 4.78 is 10.6. The number of carboxylic acid groups (broad SMARTS) is 1. The van der Waals surface area contributed by atoms with Crippen molar-refractivity contribution in [2.75, 3.05) is 7.11 Å². The van der Waals surface area contributed by atoms with Gasteiger partial charge in [0.05, 0.1) is 12.8 Å². The summed E-state index contributed by atoms with van der Waals surface area (Å²) >= 11 is 0. The molecule has 0 spiro atoms. The van der Waals surface area contributed by atoms with E-state index in [0.717, 1.165) is 22.4 Å². The molecule has 1 aromatic heterocycles. The number of carbonyl (C=O) groups is 1. The van der Waals surface area contributed by atoms with Crippen LogP contribution in [0.25, 0.3) is 11.5 Å². The summed E-state index contributed by atoms with van der Waals surface area (Å²) in [6.07, 6.45) is 0. The Hall–Kier alpha value is -2.30. The molecule has 0 saturated heterocycles. The second-order valence-corrected chi connectivity index (χ2v) is 4.38. The summed E-state index contributed by atoms with van der Waals surface area (Å²) in [6.45, 7) is 5.43. The van der Waals surface area contributed by atoms with E-state index in [1.807, 2.05) is 26.0 Å². The van der Waals surface area contributed by atoms with Gasteiger partial charge >= 0.3 is 5.97 Å². The number of methoxy groups -OCH3 is 1. The Morgan fingerprint density at radius 3 is 2.47 bits per heavy atom. The number of hydrogen-bond donors (Lipinski definition) is 1. The summed E-state index contributed by atoms with van der Waals surface area (Å²) in [5, 5.41) is 8.98. The second kappa shape index (κ2) is 4.76. The molecule has 0 atom stereocenters. The van der Waals surface area contributed by atoms with Gasteiger partial charge in [0, 0.05) is 5.56 Å². The molecule has 0 aliphatic rings. The predicted octanol–water partition coefficient (Wildman–Crippen LogP) is 2.97. The van der Waals surface area contributed by atoms with Gasteiger partial charge in [0.15, 0.2) is 0 Å². The van der Waals surface area contributed by atoms with E-state index in [2.05, 4.69) is 4.98 Å². The molecule has 0 aliphatic carbocycles. The first-order valence-electron chi connectivity index (χ1n) is 5.80. The molecule has 5 heteroatoms. The first-order chi connectivity index (χ1) is 8.93. The Labute approximate surface area is 110 Å². The van der Waals surface area contributed by atoms with Gasteiger partial charge in [-0.25, -0.2) is 9.78 Å². The van der Waals surface area contributed by atoms with Crippen LogP contribution in [0.5, 0.6) is 5.75 Å². The molecule has 5 nitrogen and oxygen atoms in total. The topological polar surface area (TPSA) is 72.6 Å². The third-order valence-electron chi connectivity index (χ3n) is 2.96. The quantitative estimate of drug-likeness (QED) is 0.919.